The first-order valence-corrected chi connectivity index (χ1v) is 12.0. The summed E-state index contributed by atoms with van der Waals surface area (Å²) >= 11 is 0. The van der Waals surface area contributed by atoms with E-state index in [0.29, 0.717) is 5.56 Å². The van der Waals surface area contributed by atoms with Gasteiger partial charge in [0.1, 0.15) is 0 Å². The number of rotatable bonds is 4. The highest BCUT2D eigenvalue weighted by molar-refractivity contribution is 7.89. The monoisotopic (exact) mass is 492 g/mol. The van der Waals surface area contributed by atoms with Gasteiger partial charge in [0.2, 0.25) is 10.0 Å². The zero-order valence-electron chi connectivity index (χ0n) is 18.6. The summed E-state index contributed by atoms with van der Waals surface area (Å²) in [6.07, 6.45) is -4.54. The van der Waals surface area contributed by atoms with Crippen LogP contribution in [0.1, 0.15) is 27.3 Å². The lowest BCUT2D eigenvalue weighted by Gasteiger charge is -2.34. The molecule has 2 heterocycles. The summed E-state index contributed by atoms with van der Waals surface area (Å²) in [6.45, 7) is 4.31. The SMILES string of the molecule is Cc1cc(C)n(-c2ccc(C(=O)N3CCN(S(=O)(=O)c4ccc(C(F)(F)F)cc4)CC3)cc2)n1. The number of sulfonamides is 1. The highest BCUT2D eigenvalue weighted by Crippen LogP contribution is 2.30. The largest absolute Gasteiger partial charge is 0.416 e. The summed E-state index contributed by atoms with van der Waals surface area (Å²) in [5.41, 5.74) is 2.26. The molecule has 1 fully saturated rings. The van der Waals surface area contributed by atoms with Crippen molar-refractivity contribution in [2.24, 2.45) is 0 Å². The minimum absolute atomic E-state index is 0.0545. The van der Waals surface area contributed by atoms with E-state index in [1.807, 2.05) is 19.9 Å². The smallest absolute Gasteiger partial charge is 0.336 e. The van der Waals surface area contributed by atoms with Crippen molar-refractivity contribution >= 4 is 15.9 Å². The molecule has 0 bridgehead atoms. The fourth-order valence-corrected chi connectivity index (χ4v) is 5.34. The Kier molecular flexibility index (Phi) is 6.26. The maximum absolute atomic E-state index is 12.9. The fraction of sp³-hybridized carbons (Fsp3) is 0.304. The Morgan fingerprint density at radius 1 is 0.912 bits per heavy atom. The summed E-state index contributed by atoms with van der Waals surface area (Å²) in [4.78, 5) is 14.3. The number of alkyl halides is 3. The van der Waals surface area contributed by atoms with Crippen LogP contribution in [0.15, 0.2) is 59.5 Å². The first-order chi connectivity index (χ1) is 16.0. The van der Waals surface area contributed by atoms with Crippen LogP contribution in [0.2, 0.25) is 0 Å². The molecule has 34 heavy (non-hydrogen) atoms. The maximum atomic E-state index is 12.9. The second kappa shape index (κ2) is 8.88. The molecule has 11 heteroatoms. The molecule has 1 aliphatic heterocycles. The molecular formula is C23H23F3N4O3S. The van der Waals surface area contributed by atoms with Crippen molar-refractivity contribution in [3.8, 4) is 5.69 Å². The van der Waals surface area contributed by atoms with Crippen molar-refractivity contribution < 1.29 is 26.4 Å². The van der Waals surface area contributed by atoms with Gasteiger partial charge in [-0.1, -0.05) is 0 Å². The van der Waals surface area contributed by atoms with Crippen molar-refractivity contribution in [3.63, 3.8) is 0 Å². The molecule has 0 radical (unpaired) electrons. The van der Waals surface area contributed by atoms with Crippen LogP contribution in [0, 0.1) is 13.8 Å². The molecule has 180 valence electrons. The van der Waals surface area contributed by atoms with E-state index in [1.165, 1.54) is 4.31 Å². The predicted molar refractivity (Wildman–Crippen MR) is 119 cm³/mol. The number of carbonyl (C=O) groups excluding carboxylic acids is 1. The molecular weight excluding hydrogens is 469 g/mol. The number of amides is 1. The van der Waals surface area contributed by atoms with Crippen LogP contribution >= 0.6 is 0 Å². The van der Waals surface area contributed by atoms with Crippen LogP contribution in [0.3, 0.4) is 0 Å². The molecule has 1 aromatic heterocycles. The first kappa shape index (κ1) is 24.0. The van der Waals surface area contributed by atoms with Gasteiger partial charge in [-0.05, 0) is 68.4 Å². The molecule has 0 atom stereocenters. The number of hydrogen-bond acceptors (Lipinski definition) is 4. The van der Waals surface area contributed by atoms with Crippen molar-refractivity contribution in [1.82, 2.24) is 19.0 Å². The van der Waals surface area contributed by atoms with E-state index in [4.69, 9.17) is 0 Å². The van der Waals surface area contributed by atoms with Crippen LogP contribution < -0.4 is 0 Å². The van der Waals surface area contributed by atoms with Crippen LogP contribution in [0.4, 0.5) is 13.2 Å². The molecule has 0 saturated carbocycles. The molecule has 0 spiro atoms. The van der Waals surface area contributed by atoms with Crippen molar-refractivity contribution in [1.29, 1.82) is 0 Å². The van der Waals surface area contributed by atoms with Crippen LogP contribution in [0.25, 0.3) is 5.69 Å². The van der Waals surface area contributed by atoms with Gasteiger partial charge in [-0.15, -0.1) is 0 Å². The van der Waals surface area contributed by atoms with Gasteiger partial charge in [0, 0.05) is 37.4 Å². The van der Waals surface area contributed by atoms with Crippen molar-refractivity contribution in [2.45, 2.75) is 24.9 Å². The topological polar surface area (TPSA) is 75.5 Å². The Morgan fingerprint density at radius 3 is 2.00 bits per heavy atom. The third-order valence-electron chi connectivity index (χ3n) is 5.71. The minimum atomic E-state index is -4.54. The Hall–Kier alpha value is -3.18. The average molecular weight is 493 g/mol. The van der Waals surface area contributed by atoms with Gasteiger partial charge in [-0.25, -0.2) is 13.1 Å². The zero-order chi connectivity index (χ0) is 24.7. The third-order valence-corrected chi connectivity index (χ3v) is 7.63. The Morgan fingerprint density at radius 2 is 1.50 bits per heavy atom. The van der Waals surface area contributed by atoms with Crippen LogP contribution in [-0.4, -0.2) is 59.5 Å². The molecule has 0 N–H and O–H groups in total. The number of aromatic nitrogens is 2. The van der Waals surface area contributed by atoms with Gasteiger partial charge in [-0.3, -0.25) is 4.79 Å². The molecule has 2 aromatic carbocycles. The molecule has 7 nitrogen and oxygen atoms in total. The van der Waals surface area contributed by atoms with E-state index in [9.17, 15) is 26.4 Å². The number of hydrogen-bond donors (Lipinski definition) is 0. The molecule has 0 unspecified atom stereocenters. The maximum Gasteiger partial charge on any atom is 0.416 e. The van der Waals surface area contributed by atoms with E-state index in [1.54, 1.807) is 33.8 Å². The van der Waals surface area contributed by atoms with E-state index in [2.05, 4.69) is 5.10 Å². The van der Waals surface area contributed by atoms with E-state index in [0.717, 1.165) is 41.3 Å². The second-order valence-electron chi connectivity index (χ2n) is 8.10. The van der Waals surface area contributed by atoms with Crippen LogP contribution in [-0.2, 0) is 16.2 Å². The standard InChI is InChI=1S/C23H23F3N4O3S/c1-16-15-17(2)30(27-16)20-7-3-18(4-8-20)22(31)28-11-13-29(14-12-28)34(32,33)21-9-5-19(6-10-21)23(24,25)26/h3-10,15H,11-14H2,1-2H3. The molecule has 1 saturated heterocycles. The van der Waals surface area contributed by atoms with E-state index < -0.39 is 21.8 Å². The number of halogens is 3. The summed E-state index contributed by atoms with van der Waals surface area (Å²) in [5.74, 6) is -0.216. The third kappa shape index (κ3) is 4.71. The molecule has 1 aliphatic rings. The van der Waals surface area contributed by atoms with Crippen LogP contribution in [0.5, 0.6) is 0 Å². The Bertz CT molecular complexity index is 1290. The molecule has 4 rings (SSSR count). The van der Waals surface area contributed by atoms with Gasteiger partial charge in [0.15, 0.2) is 0 Å². The lowest BCUT2D eigenvalue weighted by Crippen LogP contribution is -2.50. The van der Waals surface area contributed by atoms with E-state index in [-0.39, 0.29) is 37.0 Å². The minimum Gasteiger partial charge on any atom is -0.336 e. The van der Waals surface area contributed by atoms with Gasteiger partial charge in [-0.2, -0.15) is 22.6 Å². The normalized spacial score (nSPS) is 15.5. The highest BCUT2D eigenvalue weighted by atomic mass is 32.2. The summed E-state index contributed by atoms with van der Waals surface area (Å²) in [6, 6.07) is 12.4. The first-order valence-electron chi connectivity index (χ1n) is 10.6. The van der Waals surface area contributed by atoms with E-state index >= 15 is 0 Å². The highest BCUT2D eigenvalue weighted by Gasteiger charge is 2.33. The van der Waals surface area contributed by atoms with Gasteiger partial charge >= 0.3 is 6.18 Å². The number of nitrogens with zero attached hydrogens (tertiary/aromatic N) is 4. The quantitative estimate of drug-likeness (QED) is 0.557. The number of aryl methyl sites for hydroxylation is 2. The second-order valence-corrected chi connectivity index (χ2v) is 10.0. The molecule has 1 amide bonds. The number of carbonyl (C=O) groups is 1. The van der Waals surface area contributed by atoms with Gasteiger partial charge in [0.25, 0.3) is 5.91 Å². The number of benzene rings is 2. The average Bonchev–Trinajstić information content (AvgIpc) is 3.16. The molecule has 3 aromatic rings. The zero-order valence-corrected chi connectivity index (χ0v) is 19.4. The lowest BCUT2D eigenvalue weighted by molar-refractivity contribution is -0.137. The summed E-state index contributed by atoms with van der Waals surface area (Å²) in [7, 11) is -3.96. The molecule has 0 aliphatic carbocycles. The van der Waals surface area contributed by atoms with Gasteiger partial charge in [0.05, 0.1) is 21.8 Å². The summed E-state index contributed by atoms with van der Waals surface area (Å²) in [5, 5.41) is 4.42. The Labute approximate surface area is 195 Å². The lowest BCUT2D eigenvalue weighted by atomic mass is 10.1. The Balaban J connectivity index is 1.41. The summed E-state index contributed by atoms with van der Waals surface area (Å²) < 4.78 is 66.9. The fourth-order valence-electron chi connectivity index (χ4n) is 3.91. The van der Waals surface area contributed by atoms with Gasteiger partial charge < -0.3 is 4.90 Å². The number of piperazine rings is 1. The van der Waals surface area contributed by atoms with Crippen molar-refractivity contribution in [2.75, 3.05) is 26.2 Å². The predicted octanol–water partition coefficient (Wildman–Crippen LogP) is 3.65. The van der Waals surface area contributed by atoms with Crippen molar-refractivity contribution in [3.05, 3.63) is 77.1 Å².